The summed E-state index contributed by atoms with van der Waals surface area (Å²) in [4.78, 5) is 14.7. The molecule has 0 radical (unpaired) electrons. The number of rotatable bonds is 4. The van der Waals surface area contributed by atoms with Crippen LogP contribution in [-0.4, -0.2) is 28.6 Å². The zero-order chi connectivity index (χ0) is 11.4. The Morgan fingerprint density at radius 2 is 2.40 bits per heavy atom. The standard InChI is InChI=1S/C9H12BrN3O2/c1-5-6(10)2-3-8(13-5)12-4-7(14)9(11)15/h2-3,7,14H,4H2,1H3,(H2,11,15)(H,12,13). The van der Waals surface area contributed by atoms with Gasteiger partial charge in [-0.2, -0.15) is 0 Å². The highest BCUT2D eigenvalue weighted by molar-refractivity contribution is 9.10. The number of pyridine rings is 1. The van der Waals surface area contributed by atoms with Crippen LogP contribution in [0.15, 0.2) is 16.6 Å². The van der Waals surface area contributed by atoms with E-state index in [-0.39, 0.29) is 6.54 Å². The number of aryl methyl sites for hydroxylation is 1. The van der Waals surface area contributed by atoms with Gasteiger partial charge < -0.3 is 16.2 Å². The van der Waals surface area contributed by atoms with Crippen LogP contribution in [-0.2, 0) is 4.79 Å². The van der Waals surface area contributed by atoms with Gasteiger partial charge in [-0.3, -0.25) is 4.79 Å². The molecule has 1 atom stereocenters. The minimum Gasteiger partial charge on any atom is -0.381 e. The van der Waals surface area contributed by atoms with Gasteiger partial charge >= 0.3 is 0 Å². The summed E-state index contributed by atoms with van der Waals surface area (Å²) in [6, 6.07) is 3.58. The quantitative estimate of drug-likeness (QED) is 0.742. The van der Waals surface area contributed by atoms with Crippen molar-refractivity contribution in [3.63, 3.8) is 0 Å². The number of hydrogen-bond donors (Lipinski definition) is 3. The summed E-state index contributed by atoms with van der Waals surface area (Å²) in [5.41, 5.74) is 5.72. The second kappa shape index (κ2) is 5.09. The van der Waals surface area contributed by atoms with Gasteiger partial charge in [0.15, 0.2) is 0 Å². The number of aliphatic hydroxyl groups is 1. The summed E-state index contributed by atoms with van der Waals surface area (Å²) in [7, 11) is 0. The Morgan fingerprint density at radius 3 is 2.93 bits per heavy atom. The van der Waals surface area contributed by atoms with Crippen molar-refractivity contribution in [2.24, 2.45) is 5.73 Å². The van der Waals surface area contributed by atoms with Crippen LogP contribution in [0.1, 0.15) is 5.69 Å². The predicted molar refractivity (Wildman–Crippen MR) is 60.4 cm³/mol. The highest BCUT2D eigenvalue weighted by Gasteiger charge is 2.10. The number of carbonyl (C=O) groups is 1. The number of nitrogens with two attached hydrogens (primary N) is 1. The van der Waals surface area contributed by atoms with Crippen molar-refractivity contribution in [2.45, 2.75) is 13.0 Å². The molecular weight excluding hydrogens is 262 g/mol. The zero-order valence-electron chi connectivity index (χ0n) is 8.20. The van der Waals surface area contributed by atoms with Crippen molar-refractivity contribution >= 4 is 27.7 Å². The number of amides is 1. The van der Waals surface area contributed by atoms with E-state index >= 15 is 0 Å². The Hall–Kier alpha value is -1.14. The lowest BCUT2D eigenvalue weighted by atomic mass is 10.3. The van der Waals surface area contributed by atoms with Crippen LogP contribution in [0.3, 0.4) is 0 Å². The number of nitrogens with one attached hydrogen (secondary N) is 1. The lowest BCUT2D eigenvalue weighted by molar-refractivity contribution is -0.125. The molecule has 0 bridgehead atoms. The summed E-state index contributed by atoms with van der Waals surface area (Å²) in [6.07, 6.45) is -1.20. The average Bonchev–Trinajstić information content (AvgIpc) is 2.19. The van der Waals surface area contributed by atoms with Crippen LogP contribution in [0.5, 0.6) is 0 Å². The summed E-state index contributed by atoms with van der Waals surface area (Å²) in [5.74, 6) is -0.160. The maximum absolute atomic E-state index is 10.5. The largest absolute Gasteiger partial charge is 0.381 e. The molecule has 1 unspecified atom stereocenters. The Labute approximate surface area is 95.8 Å². The lowest BCUT2D eigenvalue weighted by Gasteiger charge is -2.09. The third-order valence-electron chi connectivity index (χ3n) is 1.83. The van der Waals surface area contributed by atoms with Crippen molar-refractivity contribution in [3.8, 4) is 0 Å². The van der Waals surface area contributed by atoms with Gasteiger partial charge in [-0.05, 0) is 35.0 Å². The number of aromatic nitrogens is 1. The summed E-state index contributed by atoms with van der Waals surface area (Å²) >= 11 is 3.32. The molecule has 1 heterocycles. The molecule has 0 spiro atoms. The zero-order valence-corrected chi connectivity index (χ0v) is 9.78. The SMILES string of the molecule is Cc1nc(NCC(O)C(N)=O)ccc1Br. The van der Waals surface area contributed by atoms with Crippen molar-refractivity contribution in [2.75, 3.05) is 11.9 Å². The van der Waals surface area contributed by atoms with Gasteiger partial charge in [0.05, 0.1) is 12.2 Å². The molecule has 0 aliphatic heterocycles. The monoisotopic (exact) mass is 273 g/mol. The molecule has 4 N–H and O–H groups in total. The van der Waals surface area contributed by atoms with Crippen LogP contribution >= 0.6 is 15.9 Å². The van der Waals surface area contributed by atoms with E-state index < -0.39 is 12.0 Å². The fraction of sp³-hybridized carbons (Fsp3) is 0.333. The van der Waals surface area contributed by atoms with Gasteiger partial charge in [0, 0.05) is 4.47 Å². The van der Waals surface area contributed by atoms with Crippen LogP contribution in [0.2, 0.25) is 0 Å². The van der Waals surface area contributed by atoms with E-state index in [1.165, 1.54) is 0 Å². The van der Waals surface area contributed by atoms with Gasteiger partial charge in [0.2, 0.25) is 5.91 Å². The Balaban J connectivity index is 2.58. The number of primary amides is 1. The third kappa shape index (κ3) is 3.49. The molecule has 0 saturated heterocycles. The molecule has 1 aromatic rings. The normalized spacial score (nSPS) is 12.2. The Kier molecular flexibility index (Phi) is 4.05. The van der Waals surface area contributed by atoms with E-state index in [1.54, 1.807) is 6.07 Å². The van der Waals surface area contributed by atoms with Crippen molar-refractivity contribution in [3.05, 3.63) is 22.3 Å². The fourth-order valence-corrected chi connectivity index (χ4v) is 1.17. The topological polar surface area (TPSA) is 88.2 Å². The van der Waals surface area contributed by atoms with Gasteiger partial charge in [-0.15, -0.1) is 0 Å². The van der Waals surface area contributed by atoms with Crippen LogP contribution in [0.4, 0.5) is 5.82 Å². The number of carbonyl (C=O) groups excluding carboxylic acids is 1. The van der Waals surface area contributed by atoms with E-state index in [9.17, 15) is 4.79 Å². The Morgan fingerprint density at radius 1 is 1.73 bits per heavy atom. The molecule has 6 heteroatoms. The first-order valence-corrected chi connectivity index (χ1v) is 5.14. The highest BCUT2D eigenvalue weighted by atomic mass is 79.9. The first-order valence-electron chi connectivity index (χ1n) is 4.35. The Bertz CT molecular complexity index is 370. The number of hydrogen-bond acceptors (Lipinski definition) is 4. The van der Waals surface area contributed by atoms with Gasteiger partial charge in [-0.1, -0.05) is 0 Å². The van der Waals surface area contributed by atoms with E-state index in [0.29, 0.717) is 5.82 Å². The van der Waals surface area contributed by atoms with Crippen LogP contribution in [0, 0.1) is 6.92 Å². The van der Waals surface area contributed by atoms with Gasteiger partial charge in [-0.25, -0.2) is 4.98 Å². The van der Waals surface area contributed by atoms with E-state index in [2.05, 4.69) is 26.2 Å². The summed E-state index contributed by atoms with van der Waals surface area (Å²) in [6.45, 7) is 1.91. The molecule has 0 fully saturated rings. The maximum atomic E-state index is 10.5. The third-order valence-corrected chi connectivity index (χ3v) is 2.66. The second-order valence-corrected chi connectivity index (χ2v) is 3.92. The minimum absolute atomic E-state index is 0.0589. The maximum Gasteiger partial charge on any atom is 0.248 e. The smallest absolute Gasteiger partial charge is 0.248 e. The van der Waals surface area contributed by atoms with Crippen LogP contribution in [0.25, 0.3) is 0 Å². The van der Waals surface area contributed by atoms with Crippen molar-refractivity contribution in [1.29, 1.82) is 0 Å². The molecule has 0 aliphatic carbocycles. The number of nitrogens with zero attached hydrogens (tertiary/aromatic N) is 1. The van der Waals surface area contributed by atoms with Crippen LogP contribution < -0.4 is 11.1 Å². The fourth-order valence-electron chi connectivity index (χ4n) is 0.944. The number of aliphatic hydroxyl groups excluding tert-OH is 1. The molecule has 0 saturated carbocycles. The first-order chi connectivity index (χ1) is 7.00. The van der Waals surface area contributed by atoms with E-state index in [4.69, 9.17) is 10.8 Å². The minimum atomic E-state index is -1.20. The van der Waals surface area contributed by atoms with Crippen molar-refractivity contribution < 1.29 is 9.90 Å². The van der Waals surface area contributed by atoms with E-state index in [1.807, 2.05) is 13.0 Å². The molecule has 82 valence electrons. The molecule has 0 aromatic carbocycles. The molecule has 1 rings (SSSR count). The predicted octanol–water partition coefficient (Wildman–Crippen LogP) is 0.411. The average molecular weight is 274 g/mol. The first kappa shape index (κ1) is 11.9. The number of halogens is 1. The van der Waals surface area contributed by atoms with Crippen molar-refractivity contribution in [1.82, 2.24) is 4.98 Å². The molecule has 15 heavy (non-hydrogen) atoms. The molecule has 1 aromatic heterocycles. The molecule has 5 nitrogen and oxygen atoms in total. The molecule has 1 amide bonds. The summed E-state index contributed by atoms with van der Waals surface area (Å²) in [5, 5.41) is 11.9. The summed E-state index contributed by atoms with van der Waals surface area (Å²) < 4.78 is 0.906. The van der Waals surface area contributed by atoms with E-state index in [0.717, 1.165) is 10.2 Å². The lowest BCUT2D eigenvalue weighted by Crippen LogP contribution is -2.34. The van der Waals surface area contributed by atoms with Gasteiger partial charge in [0.25, 0.3) is 0 Å². The molecular formula is C9H12BrN3O2. The highest BCUT2D eigenvalue weighted by Crippen LogP contribution is 2.15. The molecule has 0 aliphatic rings. The van der Waals surface area contributed by atoms with Gasteiger partial charge in [0.1, 0.15) is 11.9 Å². The second-order valence-electron chi connectivity index (χ2n) is 3.06. The number of anilines is 1.